The molecule has 1 fully saturated rings. The van der Waals surface area contributed by atoms with Gasteiger partial charge in [0.1, 0.15) is 4.90 Å². The number of nitrogens with zero attached hydrogens (tertiary/aromatic N) is 2. The number of carbonyl (C=O) groups is 1. The minimum absolute atomic E-state index is 0.126. The molecule has 116 valence electrons. The second kappa shape index (κ2) is 6.85. The Balaban J connectivity index is 2.18. The van der Waals surface area contributed by atoms with Crippen LogP contribution in [0.1, 0.15) is 19.8 Å². The number of sulfonamides is 1. The Labute approximate surface area is 132 Å². The highest BCUT2D eigenvalue weighted by molar-refractivity contribution is 9.10. The maximum absolute atomic E-state index is 12.6. The van der Waals surface area contributed by atoms with E-state index in [1.54, 1.807) is 6.92 Å². The Bertz CT molecular complexity index is 620. The number of piperidine rings is 1. The quantitative estimate of drug-likeness (QED) is 0.748. The molecule has 8 heteroatoms. The van der Waals surface area contributed by atoms with Crippen LogP contribution in [0, 0.1) is 5.92 Å². The van der Waals surface area contributed by atoms with Gasteiger partial charge in [-0.1, -0.05) is 0 Å². The standard InChI is InChI=1S/C13H17BrN2O4S/c1-2-20-13(17)10-4-3-5-16(9-10)21(18,19)12-6-11(14)7-15-8-12/h6-8,10H,2-5,9H2,1H3/t10-/m1/s1. The molecule has 21 heavy (non-hydrogen) atoms. The van der Waals surface area contributed by atoms with Crippen LogP contribution in [-0.4, -0.2) is 43.4 Å². The molecular weight excluding hydrogens is 360 g/mol. The minimum Gasteiger partial charge on any atom is -0.466 e. The molecule has 1 saturated heterocycles. The second-order valence-electron chi connectivity index (χ2n) is 4.79. The lowest BCUT2D eigenvalue weighted by molar-refractivity contribution is -0.149. The Morgan fingerprint density at radius 1 is 1.52 bits per heavy atom. The van der Waals surface area contributed by atoms with E-state index in [2.05, 4.69) is 20.9 Å². The molecule has 0 spiro atoms. The van der Waals surface area contributed by atoms with Gasteiger partial charge in [0, 0.05) is 30.0 Å². The zero-order valence-electron chi connectivity index (χ0n) is 11.7. The van der Waals surface area contributed by atoms with Gasteiger partial charge in [-0.05, 0) is 41.8 Å². The number of carbonyl (C=O) groups excluding carboxylic acids is 1. The molecule has 1 aliphatic heterocycles. The fourth-order valence-corrected chi connectivity index (χ4v) is 4.33. The number of hydrogen-bond donors (Lipinski definition) is 0. The summed E-state index contributed by atoms with van der Waals surface area (Å²) < 4.78 is 32.1. The summed E-state index contributed by atoms with van der Waals surface area (Å²) in [4.78, 5) is 15.8. The zero-order chi connectivity index (χ0) is 15.5. The maximum atomic E-state index is 12.6. The molecular formula is C13H17BrN2O4S. The van der Waals surface area contributed by atoms with Crippen LogP contribution in [-0.2, 0) is 19.6 Å². The first kappa shape index (κ1) is 16.4. The molecule has 1 atom stereocenters. The van der Waals surface area contributed by atoms with E-state index in [0.717, 1.165) is 0 Å². The third-order valence-electron chi connectivity index (χ3n) is 3.32. The monoisotopic (exact) mass is 376 g/mol. The highest BCUT2D eigenvalue weighted by Gasteiger charge is 2.34. The van der Waals surface area contributed by atoms with Gasteiger partial charge >= 0.3 is 5.97 Å². The summed E-state index contributed by atoms with van der Waals surface area (Å²) in [5, 5.41) is 0. The van der Waals surface area contributed by atoms with Crippen LogP contribution in [0.5, 0.6) is 0 Å². The lowest BCUT2D eigenvalue weighted by Gasteiger charge is -2.30. The predicted octanol–water partition coefficient (Wildman–Crippen LogP) is 1.81. The normalized spacial score (nSPS) is 20.2. The third kappa shape index (κ3) is 3.81. The molecule has 0 amide bonds. The molecule has 2 rings (SSSR count). The number of pyridine rings is 1. The summed E-state index contributed by atoms with van der Waals surface area (Å²) in [7, 11) is -3.63. The Morgan fingerprint density at radius 3 is 2.95 bits per heavy atom. The highest BCUT2D eigenvalue weighted by atomic mass is 79.9. The van der Waals surface area contributed by atoms with Gasteiger partial charge < -0.3 is 4.74 Å². The summed E-state index contributed by atoms with van der Waals surface area (Å²) in [6, 6.07) is 1.51. The van der Waals surface area contributed by atoms with E-state index in [1.165, 1.54) is 22.8 Å². The largest absolute Gasteiger partial charge is 0.466 e. The zero-order valence-corrected chi connectivity index (χ0v) is 14.1. The summed E-state index contributed by atoms with van der Waals surface area (Å²) >= 11 is 3.21. The average Bonchev–Trinajstić information content (AvgIpc) is 2.47. The van der Waals surface area contributed by atoms with Gasteiger partial charge in [0.15, 0.2) is 0 Å². The number of ether oxygens (including phenoxy) is 1. The van der Waals surface area contributed by atoms with E-state index in [9.17, 15) is 13.2 Å². The maximum Gasteiger partial charge on any atom is 0.310 e. The lowest BCUT2D eigenvalue weighted by atomic mass is 10.0. The van der Waals surface area contributed by atoms with Gasteiger partial charge in [-0.15, -0.1) is 0 Å². The summed E-state index contributed by atoms with van der Waals surface area (Å²) in [5.74, 6) is -0.724. The van der Waals surface area contributed by atoms with Crippen molar-refractivity contribution in [1.29, 1.82) is 0 Å². The Hall–Kier alpha value is -0.990. The van der Waals surface area contributed by atoms with Crippen molar-refractivity contribution in [3.05, 3.63) is 22.9 Å². The molecule has 0 aliphatic carbocycles. The van der Waals surface area contributed by atoms with Gasteiger partial charge in [-0.25, -0.2) is 8.42 Å². The van der Waals surface area contributed by atoms with Crippen LogP contribution in [0.3, 0.4) is 0 Å². The van der Waals surface area contributed by atoms with E-state index in [0.29, 0.717) is 30.5 Å². The number of rotatable bonds is 4. The van der Waals surface area contributed by atoms with Crippen molar-refractivity contribution in [3.8, 4) is 0 Å². The van der Waals surface area contributed by atoms with Gasteiger partial charge in [0.25, 0.3) is 0 Å². The van der Waals surface area contributed by atoms with Crippen LogP contribution in [0.15, 0.2) is 27.8 Å². The highest BCUT2D eigenvalue weighted by Crippen LogP contribution is 2.25. The molecule has 1 aliphatic rings. The molecule has 0 radical (unpaired) electrons. The second-order valence-corrected chi connectivity index (χ2v) is 7.65. The number of hydrogen-bond acceptors (Lipinski definition) is 5. The lowest BCUT2D eigenvalue weighted by Crippen LogP contribution is -2.42. The topological polar surface area (TPSA) is 76.6 Å². The van der Waals surface area contributed by atoms with Gasteiger partial charge in [-0.2, -0.15) is 4.31 Å². The molecule has 1 aromatic rings. The van der Waals surface area contributed by atoms with Gasteiger partial charge in [0.2, 0.25) is 10.0 Å². The minimum atomic E-state index is -3.63. The SMILES string of the molecule is CCOC(=O)[C@@H]1CCCN(S(=O)(=O)c2cncc(Br)c2)C1. The molecule has 0 saturated carbocycles. The van der Waals surface area contributed by atoms with Crippen molar-refractivity contribution in [3.63, 3.8) is 0 Å². The Morgan fingerprint density at radius 2 is 2.29 bits per heavy atom. The van der Waals surface area contributed by atoms with Crippen molar-refractivity contribution < 1.29 is 17.9 Å². The first-order chi connectivity index (χ1) is 9.95. The molecule has 0 unspecified atom stereocenters. The predicted molar refractivity (Wildman–Crippen MR) is 80.1 cm³/mol. The van der Waals surface area contributed by atoms with Crippen LogP contribution in [0.2, 0.25) is 0 Å². The molecule has 0 N–H and O–H groups in total. The van der Waals surface area contributed by atoms with Crippen LogP contribution in [0.4, 0.5) is 0 Å². The van der Waals surface area contributed by atoms with Crippen molar-refractivity contribution in [2.75, 3.05) is 19.7 Å². The molecule has 1 aromatic heterocycles. The van der Waals surface area contributed by atoms with Crippen molar-refractivity contribution in [2.24, 2.45) is 5.92 Å². The first-order valence-corrected chi connectivity index (χ1v) is 8.95. The number of esters is 1. The number of aromatic nitrogens is 1. The van der Waals surface area contributed by atoms with Crippen molar-refractivity contribution in [2.45, 2.75) is 24.7 Å². The fourth-order valence-electron chi connectivity index (χ4n) is 2.30. The first-order valence-electron chi connectivity index (χ1n) is 6.72. The molecule has 0 bridgehead atoms. The summed E-state index contributed by atoms with van der Waals surface area (Å²) in [6.45, 7) is 2.61. The van der Waals surface area contributed by atoms with E-state index >= 15 is 0 Å². The summed E-state index contributed by atoms with van der Waals surface area (Å²) in [5.41, 5.74) is 0. The molecule has 0 aromatic carbocycles. The Kier molecular flexibility index (Phi) is 5.34. The van der Waals surface area contributed by atoms with Crippen molar-refractivity contribution in [1.82, 2.24) is 9.29 Å². The van der Waals surface area contributed by atoms with Crippen LogP contribution < -0.4 is 0 Å². The van der Waals surface area contributed by atoms with E-state index < -0.39 is 15.9 Å². The average molecular weight is 377 g/mol. The van der Waals surface area contributed by atoms with Gasteiger partial charge in [0.05, 0.1) is 12.5 Å². The van der Waals surface area contributed by atoms with E-state index in [4.69, 9.17) is 4.74 Å². The number of halogens is 1. The molecule has 6 nitrogen and oxygen atoms in total. The fraction of sp³-hybridized carbons (Fsp3) is 0.538. The van der Waals surface area contributed by atoms with Gasteiger partial charge in [-0.3, -0.25) is 9.78 Å². The van der Waals surface area contributed by atoms with Crippen LogP contribution >= 0.6 is 15.9 Å². The summed E-state index contributed by atoms with van der Waals surface area (Å²) in [6.07, 6.45) is 4.14. The van der Waals surface area contributed by atoms with Crippen LogP contribution in [0.25, 0.3) is 0 Å². The van der Waals surface area contributed by atoms with E-state index in [-0.39, 0.29) is 17.4 Å². The third-order valence-corrected chi connectivity index (χ3v) is 5.59. The molecule has 2 heterocycles. The van der Waals surface area contributed by atoms with E-state index in [1.807, 2.05) is 0 Å². The smallest absolute Gasteiger partial charge is 0.310 e. The van der Waals surface area contributed by atoms with Crippen molar-refractivity contribution >= 4 is 31.9 Å².